The smallest absolute Gasteiger partial charge is 0.308 e. The minimum absolute atomic E-state index is 0.0927. The van der Waals surface area contributed by atoms with Gasteiger partial charge >= 0.3 is 5.97 Å². The quantitative estimate of drug-likeness (QED) is 0.677. The number of carboxylic acids is 1. The van der Waals surface area contributed by atoms with Crippen LogP contribution in [0.2, 0.25) is 0 Å². The second kappa shape index (κ2) is 10.0. The van der Waals surface area contributed by atoms with E-state index in [4.69, 9.17) is 9.47 Å². The van der Waals surface area contributed by atoms with Crippen molar-refractivity contribution in [2.45, 2.75) is 32.6 Å². The number of nitrogens with one attached hydrogen (secondary N) is 1. The Balaban J connectivity index is 1.77. The minimum Gasteiger partial charge on any atom is -0.494 e. The molecule has 1 aromatic rings. The van der Waals surface area contributed by atoms with Gasteiger partial charge in [-0.2, -0.15) is 0 Å². The largest absolute Gasteiger partial charge is 0.494 e. The van der Waals surface area contributed by atoms with Gasteiger partial charge in [-0.25, -0.2) is 0 Å². The van der Waals surface area contributed by atoms with Crippen LogP contribution in [-0.2, 0) is 20.7 Å². The average Bonchev–Trinajstić information content (AvgIpc) is 3.11. The number of benzene rings is 1. The van der Waals surface area contributed by atoms with Gasteiger partial charge in [-0.15, -0.1) is 0 Å². The molecule has 0 aromatic heterocycles. The molecule has 1 aromatic carbocycles. The van der Waals surface area contributed by atoms with E-state index >= 15 is 0 Å². The van der Waals surface area contributed by atoms with Crippen molar-refractivity contribution >= 4 is 11.9 Å². The summed E-state index contributed by atoms with van der Waals surface area (Å²) in [6.07, 6.45) is 2.59. The number of carbonyl (C=O) groups excluding carboxylic acids is 1. The van der Waals surface area contributed by atoms with Gasteiger partial charge in [0.15, 0.2) is 0 Å². The highest BCUT2D eigenvalue weighted by atomic mass is 16.5. The Labute approximate surface area is 148 Å². The van der Waals surface area contributed by atoms with E-state index in [1.165, 1.54) is 0 Å². The number of aliphatic carboxylic acids is 1. The van der Waals surface area contributed by atoms with Gasteiger partial charge in [0.25, 0.3) is 0 Å². The SMILES string of the molecule is CCOc1ccc(CC(CNC(=O)CCC2CCOC2)C(=O)O)cc1. The molecule has 0 aliphatic carbocycles. The van der Waals surface area contributed by atoms with Gasteiger partial charge in [0, 0.05) is 26.2 Å². The molecule has 1 aliphatic rings. The third-order valence-corrected chi connectivity index (χ3v) is 4.41. The van der Waals surface area contributed by atoms with Crippen LogP contribution >= 0.6 is 0 Å². The molecule has 6 nitrogen and oxygen atoms in total. The highest BCUT2D eigenvalue weighted by Gasteiger charge is 2.20. The van der Waals surface area contributed by atoms with Crippen LogP contribution in [0.3, 0.4) is 0 Å². The van der Waals surface area contributed by atoms with Crippen LogP contribution in [0.25, 0.3) is 0 Å². The lowest BCUT2D eigenvalue weighted by Gasteiger charge is -2.14. The first-order chi connectivity index (χ1) is 12.1. The normalized spacial score (nSPS) is 17.9. The van der Waals surface area contributed by atoms with Crippen molar-refractivity contribution in [3.05, 3.63) is 29.8 Å². The number of hydrogen-bond acceptors (Lipinski definition) is 4. The second-order valence-electron chi connectivity index (χ2n) is 6.39. The third kappa shape index (κ3) is 6.74. The third-order valence-electron chi connectivity index (χ3n) is 4.41. The Hall–Kier alpha value is -2.08. The summed E-state index contributed by atoms with van der Waals surface area (Å²) in [4.78, 5) is 23.4. The van der Waals surface area contributed by atoms with Crippen molar-refractivity contribution in [2.24, 2.45) is 11.8 Å². The van der Waals surface area contributed by atoms with E-state index in [2.05, 4.69) is 5.32 Å². The van der Waals surface area contributed by atoms with Crippen LogP contribution in [-0.4, -0.2) is 43.3 Å². The fourth-order valence-corrected chi connectivity index (χ4v) is 2.89. The maximum Gasteiger partial charge on any atom is 0.308 e. The molecule has 6 heteroatoms. The molecule has 2 unspecified atom stereocenters. The molecule has 2 rings (SSSR count). The van der Waals surface area contributed by atoms with E-state index < -0.39 is 11.9 Å². The lowest BCUT2D eigenvalue weighted by Crippen LogP contribution is -2.34. The van der Waals surface area contributed by atoms with E-state index in [9.17, 15) is 14.7 Å². The number of rotatable bonds is 10. The fraction of sp³-hybridized carbons (Fsp3) is 0.579. The minimum atomic E-state index is -0.904. The molecule has 2 N–H and O–H groups in total. The van der Waals surface area contributed by atoms with E-state index in [1.807, 2.05) is 31.2 Å². The average molecular weight is 349 g/mol. The maximum atomic E-state index is 11.9. The predicted molar refractivity (Wildman–Crippen MR) is 93.6 cm³/mol. The monoisotopic (exact) mass is 349 g/mol. The fourth-order valence-electron chi connectivity index (χ4n) is 2.89. The van der Waals surface area contributed by atoms with Crippen molar-refractivity contribution < 1.29 is 24.2 Å². The molecule has 2 atom stereocenters. The van der Waals surface area contributed by atoms with E-state index in [-0.39, 0.29) is 12.5 Å². The Morgan fingerprint density at radius 2 is 2.12 bits per heavy atom. The molecule has 1 fully saturated rings. The number of amides is 1. The van der Waals surface area contributed by atoms with Crippen molar-refractivity contribution in [1.29, 1.82) is 0 Å². The highest BCUT2D eigenvalue weighted by molar-refractivity contribution is 5.77. The van der Waals surface area contributed by atoms with Crippen molar-refractivity contribution in [2.75, 3.05) is 26.4 Å². The van der Waals surface area contributed by atoms with Crippen molar-refractivity contribution in [3.8, 4) is 5.75 Å². The first kappa shape index (κ1) is 19.2. The Bertz CT molecular complexity index is 551. The second-order valence-corrected chi connectivity index (χ2v) is 6.39. The molecular formula is C19H27NO5. The number of hydrogen-bond donors (Lipinski definition) is 2. The van der Waals surface area contributed by atoms with Crippen LogP contribution in [0, 0.1) is 11.8 Å². The van der Waals surface area contributed by atoms with Crippen molar-refractivity contribution in [3.63, 3.8) is 0 Å². The van der Waals surface area contributed by atoms with Gasteiger partial charge in [0.2, 0.25) is 5.91 Å². The van der Waals surface area contributed by atoms with Gasteiger partial charge in [0.05, 0.1) is 12.5 Å². The topological polar surface area (TPSA) is 84.9 Å². The summed E-state index contributed by atoms with van der Waals surface area (Å²) in [5.41, 5.74) is 0.910. The molecule has 138 valence electrons. The number of carboxylic acid groups (broad SMARTS) is 1. The summed E-state index contributed by atoms with van der Waals surface area (Å²) in [5, 5.41) is 12.2. The highest BCUT2D eigenvalue weighted by Crippen LogP contribution is 2.18. The van der Waals surface area contributed by atoms with Crippen LogP contribution in [0.15, 0.2) is 24.3 Å². The summed E-state index contributed by atoms with van der Waals surface area (Å²) in [6, 6.07) is 7.39. The van der Waals surface area contributed by atoms with Gasteiger partial charge in [-0.1, -0.05) is 12.1 Å². The van der Waals surface area contributed by atoms with Crippen molar-refractivity contribution in [1.82, 2.24) is 5.32 Å². The Kier molecular flexibility index (Phi) is 7.73. The van der Waals surface area contributed by atoms with Crippen LogP contribution in [0.1, 0.15) is 31.7 Å². The number of ether oxygens (including phenoxy) is 2. The van der Waals surface area contributed by atoms with E-state index in [0.717, 1.165) is 37.4 Å². The summed E-state index contributed by atoms with van der Waals surface area (Å²) in [5.74, 6) is -0.424. The molecule has 0 saturated carbocycles. The molecule has 0 radical (unpaired) electrons. The van der Waals surface area contributed by atoms with Crippen LogP contribution in [0.5, 0.6) is 5.75 Å². The lowest BCUT2D eigenvalue weighted by atomic mass is 9.99. The van der Waals surface area contributed by atoms with Gasteiger partial charge < -0.3 is 19.9 Å². The predicted octanol–water partition coefficient (Wildman–Crippen LogP) is 2.26. The lowest BCUT2D eigenvalue weighted by molar-refractivity contribution is -0.141. The molecule has 1 aliphatic heterocycles. The summed E-state index contributed by atoms with van der Waals surface area (Å²) < 4.78 is 10.7. The summed E-state index contributed by atoms with van der Waals surface area (Å²) in [7, 11) is 0. The first-order valence-corrected chi connectivity index (χ1v) is 8.87. The van der Waals surface area contributed by atoms with E-state index in [0.29, 0.717) is 25.4 Å². The first-order valence-electron chi connectivity index (χ1n) is 8.87. The summed E-state index contributed by atoms with van der Waals surface area (Å²) >= 11 is 0. The number of carbonyl (C=O) groups is 2. The zero-order valence-corrected chi connectivity index (χ0v) is 14.7. The standard InChI is InChI=1S/C19H27NO5/c1-2-25-17-6-3-14(4-7-17)11-16(19(22)23)12-20-18(21)8-5-15-9-10-24-13-15/h3-4,6-7,15-16H,2,5,8-13H2,1H3,(H,20,21)(H,22,23). The molecule has 25 heavy (non-hydrogen) atoms. The molecule has 1 saturated heterocycles. The molecule has 1 amide bonds. The maximum absolute atomic E-state index is 11.9. The van der Waals surface area contributed by atoms with Gasteiger partial charge in [0.1, 0.15) is 5.75 Å². The zero-order chi connectivity index (χ0) is 18.1. The van der Waals surface area contributed by atoms with E-state index in [1.54, 1.807) is 0 Å². The van der Waals surface area contributed by atoms with Crippen LogP contribution < -0.4 is 10.1 Å². The molecule has 1 heterocycles. The zero-order valence-electron chi connectivity index (χ0n) is 14.7. The van der Waals surface area contributed by atoms with Crippen LogP contribution in [0.4, 0.5) is 0 Å². The summed E-state index contributed by atoms with van der Waals surface area (Å²) in [6.45, 7) is 4.15. The molecule has 0 spiro atoms. The molecular weight excluding hydrogens is 322 g/mol. The Morgan fingerprint density at radius 1 is 1.36 bits per heavy atom. The molecule has 0 bridgehead atoms. The van der Waals surface area contributed by atoms with Gasteiger partial charge in [-0.3, -0.25) is 9.59 Å². The van der Waals surface area contributed by atoms with Gasteiger partial charge in [-0.05, 0) is 49.8 Å². The Morgan fingerprint density at radius 3 is 2.72 bits per heavy atom.